The van der Waals surface area contributed by atoms with Crippen molar-refractivity contribution in [2.45, 2.75) is 66.0 Å². The number of carbonyl (C=O) groups excluding carboxylic acids is 1. The maximum Gasteiger partial charge on any atom is 0.237 e. The second-order valence-corrected chi connectivity index (χ2v) is 6.97. The lowest BCUT2D eigenvalue weighted by molar-refractivity contribution is -0.125. The van der Waals surface area contributed by atoms with Crippen molar-refractivity contribution in [3.8, 4) is 0 Å². The summed E-state index contributed by atoms with van der Waals surface area (Å²) in [5.41, 5.74) is 5.80. The van der Waals surface area contributed by atoms with Gasteiger partial charge < -0.3 is 11.1 Å². The van der Waals surface area contributed by atoms with E-state index in [0.29, 0.717) is 17.9 Å². The molecule has 1 rings (SSSR count). The molecule has 0 heterocycles. The molecule has 18 heavy (non-hydrogen) atoms. The van der Waals surface area contributed by atoms with Gasteiger partial charge in [0.1, 0.15) is 0 Å². The monoisotopic (exact) mass is 276 g/mol. The van der Waals surface area contributed by atoms with E-state index in [1.54, 1.807) is 0 Å². The number of rotatable bonds is 2. The quantitative estimate of drug-likeness (QED) is 0.815. The summed E-state index contributed by atoms with van der Waals surface area (Å²) in [7, 11) is 0. The summed E-state index contributed by atoms with van der Waals surface area (Å²) in [4.78, 5) is 12.0. The molecule has 108 valence electrons. The van der Waals surface area contributed by atoms with E-state index in [1.165, 1.54) is 6.42 Å². The van der Waals surface area contributed by atoms with Crippen molar-refractivity contribution >= 4 is 18.3 Å². The van der Waals surface area contributed by atoms with E-state index in [0.717, 1.165) is 12.8 Å². The highest BCUT2D eigenvalue weighted by atomic mass is 35.5. The van der Waals surface area contributed by atoms with Crippen molar-refractivity contribution in [2.75, 3.05) is 0 Å². The van der Waals surface area contributed by atoms with Gasteiger partial charge in [-0.25, -0.2) is 0 Å². The number of nitrogens with one attached hydrogen (secondary N) is 1. The van der Waals surface area contributed by atoms with Crippen LogP contribution in [0.4, 0.5) is 0 Å². The van der Waals surface area contributed by atoms with E-state index in [2.05, 4.69) is 19.2 Å². The lowest BCUT2D eigenvalue weighted by atomic mass is 9.80. The largest absolute Gasteiger partial charge is 0.352 e. The minimum Gasteiger partial charge on any atom is -0.352 e. The molecule has 0 aromatic carbocycles. The van der Waals surface area contributed by atoms with E-state index < -0.39 is 6.04 Å². The van der Waals surface area contributed by atoms with Gasteiger partial charge in [-0.1, -0.05) is 34.6 Å². The Morgan fingerprint density at radius 2 is 1.61 bits per heavy atom. The van der Waals surface area contributed by atoms with Crippen molar-refractivity contribution in [3.05, 3.63) is 0 Å². The predicted molar refractivity (Wildman–Crippen MR) is 78.8 cm³/mol. The molecule has 1 aliphatic rings. The summed E-state index contributed by atoms with van der Waals surface area (Å²) in [6.45, 7) is 10.5. The molecule has 3 nitrogen and oxygen atoms in total. The molecule has 0 radical (unpaired) electrons. The van der Waals surface area contributed by atoms with Crippen molar-refractivity contribution < 1.29 is 4.79 Å². The summed E-state index contributed by atoms with van der Waals surface area (Å²) >= 11 is 0. The number of nitrogens with two attached hydrogens (primary N) is 1. The molecule has 0 aromatic rings. The van der Waals surface area contributed by atoms with E-state index in [1.807, 2.05) is 20.8 Å². The first-order valence-corrected chi connectivity index (χ1v) is 6.76. The third-order valence-electron chi connectivity index (χ3n) is 3.74. The molecule has 0 aliphatic heterocycles. The second-order valence-electron chi connectivity index (χ2n) is 6.97. The summed E-state index contributed by atoms with van der Waals surface area (Å²) in [5, 5.41) is 3.12. The van der Waals surface area contributed by atoms with Gasteiger partial charge in [0.05, 0.1) is 6.04 Å². The fourth-order valence-electron chi connectivity index (χ4n) is 2.75. The molecule has 0 bridgehead atoms. The average Bonchev–Trinajstić information content (AvgIpc) is 2.13. The molecular weight excluding hydrogens is 248 g/mol. The number of hydrogen-bond donors (Lipinski definition) is 2. The predicted octanol–water partition coefficient (Wildman–Crippen LogP) is 2.72. The zero-order valence-electron chi connectivity index (χ0n) is 12.3. The number of hydrogen-bond acceptors (Lipinski definition) is 2. The van der Waals surface area contributed by atoms with Gasteiger partial charge in [-0.15, -0.1) is 12.4 Å². The normalized spacial score (nSPS) is 30.2. The smallest absolute Gasteiger partial charge is 0.237 e. The Hall–Kier alpha value is -0.280. The summed E-state index contributed by atoms with van der Waals surface area (Å²) in [6, 6.07) is -0.107. The second kappa shape index (κ2) is 6.76. The van der Waals surface area contributed by atoms with Crippen LogP contribution in [-0.2, 0) is 4.79 Å². The van der Waals surface area contributed by atoms with Crippen LogP contribution >= 0.6 is 12.4 Å². The first-order valence-electron chi connectivity index (χ1n) is 6.76. The van der Waals surface area contributed by atoms with Crippen LogP contribution in [0.2, 0.25) is 0 Å². The Kier molecular flexibility index (Phi) is 6.66. The fraction of sp³-hybridized carbons (Fsp3) is 0.929. The van der Waals surface area contributed by atoms with Crippen LogP contribution in [0.5, 0.6) is 0 Å². The Labute approximate surface area is 118 Å². The van der Waals surface area contributed by atoms with Crippen molar-refractivity contribution in [3.63, 3.8) is 0 Å². The van der Waals surface area contributed by atoms with Gasteiger partial charge in [0.15, 0.2) is 0 Å². The number of amides is 1. The fourth-order valence-corrected chi connectivity index (χ4v) is 2.75. The van der Waals surface area contributed by atoms with E-state index in [-0.39, 0.29) is 23.7 Å². The molecule has 1 saturated carbocycles. The van der Waals surface area contributed by atoms with Gasteiger partial charge in [0.2, 0.25) is 5.91 Å². The van der Waals surface area contributed by atoms with E-state index >= 15 is 0 Å². The maximum atomic E-state index is 12.0. The highest BCUT2D eigenvalue weighted by molar-refractivity contribution is 5.85. The van der Waals surface area contributed by atoms with Crippen LogP contribution in [0, 0.1) is 17.3 Å². The van der Waals surface area contributed by atoms with Crippen LogP contribution in [0.1, 0.15) is 53.9 Å². The Morgan fingerprint density at radius 1 is 1.17 bits per heavy atom. The minimum atomic E-state index is -0.421. The summed E-state index contributed by atoms with van der Waals surface area (Å²) in [6.07, 6.45) is 3.46. The van der Waals surface area contributed by atoms with Crippen molar-refractivity contribution in [2.24, 2.45) is 23.0 Å². The highest BCUT2D eigenvalue weighted by Crippen LogP contribution is 2.28. The lowest BCUT2D eigenvalue weighted by Gasteiger charge is -2.34. The van der Waals surface area contributed by atoms with Gasteiger partial charge in [-0.05, 0) is 36.5 Å². The van der Waals surface area contributed by atoms with Crippen LogP contribution in [0.25, 0.3) is 0 Å². The SMILES string of the molecule is CC1CC(C)CC(NC(=O)[C@@H](N)C(C)(C)C)C1.Cl. The third-order valence-corrected chi connectivity index (χ3v) is 3.74. The zero-order chi connectivity index (χ0) is 13.2. The minimum absolute atomic E-state index is 0. The van der Waals surface area contributed by atoms with Crippen molar-refractivity contribution in [1.29, 1.82) is 0 Å². The molecule has 0 saturated heterocycles. The van der Waals surface area contributed by atoms with Crippen LogP contribution in [-0.4, -0.2) is 18.0 Å². The van der Waals surface area contributed by atoms with Crippen LogP contribution in [0.15, 0.2) is 0 Å². The van der Waals surface area contributed by atoms with Gasteiger partial charge in [-0.2, -0.15) is 0 Å². The topological polar surface area (TPSA) is 55.1 Å². The molecule has 3 N–H and O–H groups in total. The van der Waals surface area contributed by atoms with Crippen molar-refractivity contribution in [1.82, 2.24) is 5.32 Å². The highest BCUT2D eigenvalue weighted by Gasteiger charge is 2.31. The van der Waals surface area contributed by atoms with E-state index in [9.17, 15) is 4.79 Å². The first kappa shape index (κ1) is 17.7. The molecule has 2 unspecified atom stereocenters. The van der Waals surface area contributed by atoms with Gasteiger partial charge in [0.25, 0.3) is 0 Å². The summed E-state index contributed by atoms with van der Waals surface area (Å²) in [5.74, 6) is 1.41. The molecule has 4 heteroatoms. The van der Waals surface area contributed by atoms with Gasteiger partial charge >= 0.3 is 0 Å². The molecular formula is C14H29ClN2O. The zero-order valence-corrected chi connectivity index (χ0v) is 13.1. The Bertz CT molecular complexity index is 265. The Balaban J connectivity index is 0.00000289. The number of halogens is 1. The molecule has 3 atom stereocenters. The van der Waals surface area contributed by atoms with Crippen LogP contribution in [0.3, 0.4) is 0 Å². The van der Waals surface area contributed by atoms with E-state index in [4.69, 9.17) is 5.73 Å². The molecule has 1 aliphatic carbocycles. The summed E-state index contributed by atoms with van der Waals surface area (Å²) < 4.78 is 0. The average molecular weight is 277 g/mol. The maximum absolute atomic E-state index is 12.0. The molecule has 0 spiro atoms. The first-order chi connectivity index (χ1) is 7.70. The van der Waals surface area contributed by atoms with Crippen LogP contribution < -0.4 is 11.1 Å². The van der Waals surface area contributed by atoms with Gasteiger partial charge in [-0.3, -0.25) is 4.79 Å². The number of carbonyl (C=O) groups is 1. The third kappa shape index (κ3) is 5.15. The lowest BCUT2D eigenvalue weighted by Crippen LogP contribution is -2.52. The molecule has 1 amide bonds. The Morgan fingerprint density at radius 3 is 2.00 bits per heavy atom. The standard InChI is InChI=1S/C14H28N2O.ClH/c1-9-6-10(2)8-11(7-9)16-13(17)12(15)14(3,4)5;/h9-12H,6-8,15H2,1-5H3,(H,16,17);1H/t9?,10?,11?,12-;/m1./s1. The van der Waals surface area contributed by atoms with Gasteiger partial charge in [0, 0.05) is 6.04 Å². The molecule has 1 fully saturated rings. The molecule has 0 aromatic heterocycles.